The van der Waals surface area contributed by atoms with Gasteiger partial charge in [-0.2, -0.15) is 0 Å². The molecule has 2 fully saturated rings. The second-order valence-corrected chi connectivity index (χ2v) is 4.21. The van der Waals surface area contributed by atoms with Crippen LogP contribution in [0.1, 0.15) is 32.6 Å². The van der Waals surface area contributed by atoms with E-state index in [9.17, 15) is 0 Å². The zero-order valence-electron chi connectivity index (χ0n) is 8.29. The average Bonchev–Trinajstić information content (AvgIpc) is 2.74. The fourth-order valence-electron chi connectivity index (χ4n) is 2.39. The number of hydrogen-bond donors (Lipinski definition) is 1. The monoisotopic (exact) mass is 185 g/mol. The van der Waals surface area contributed by atoms with E-state index in [-0.39, 0.29) is 11.9 Å². The van der Waals surface area contributed by atoms with Gasteiger partial charge in [-0.3, -0.25) is 0 Å². The molecular weight excluding hydrogens is 166 g/mol. The van der Waals surface area contributed by atoms with Gasteiger partial charge in [-0.25, -0.2) is 0 Å². The summed E-state index contributed by atoms with van der Waals surface area (Å²) in [6.07, 6.45) is 4.74. The van der Waals surface area contributed by atoms with Crippen LogP contribution in [0.25, 0.3) is 0 Å². The summed E-state index contributed by atoms with van der Waals surface area (Å²) in [6.45, 7) is 3.50. The molecule has 2 rings (SSSR count). The van der Waals surface area contributed by atoms with E-state index in [2.05, 4.69) is 6.92 Å². The van der Waals surface area contributed by atoms with Crippen LogP contribution in [0.5, 0.6) is 0 Å². The molecule has 1 spiro atoms. The summed E-state index contributed by atoms with van der Waals surface area (Å²) in [5.41, 5.74) is 5.55. The largest absolute Gasteiger partial charge is 0.347 e. The van der Waals surface area contributed by atoms with E-state index in [0.717, 1.165) is 18.8 Å². The second-order valence-electron chi connectivity index (χ2n) is 4.21. The maximum absolute atomic E-state index is 5.84. The smallest absolute Gasteiger partial charge is 0.169 e. The van der Waals surface area contributed by atoms with Gasteiger partial charge >= 0.3 is 0 Å². The third kappa shape index (κ3) is 1.73. The highest BCUT2D eigenvalue weighted by Gasteiger charge is 2.46. The van der Waals surface area contributed by atoms with Crippen molar-refractivity contribution >= 4 is 0 Å². The van der Waals surface area contributed by atoms with Crippen LogP contribution in [0.3, 0.4) is 0 Å². The van der Waals surface area contributed by atoms with Gasteiger partial charge in [-0.1, -0.05) is 13.3 Å². The van der Waals surface area contributed by atoms with E-state index in [1.807, 2.05) is 0 Å². The Morgan fingerprint density at radius 2 is 2.38 bits per heavy atom. The number of rotatable bonds is 2. The van der Waals surface area contributed by atoms with E-state index >= 15 is 0 Å². The lowest BCUT2D eigenvalue weighted by atomic mass is 10.1. The molecule has 1 aliphatic carbocycles. The predicted molar refractivity (Wildman–Crippen MR) is 50.2 cm³/mol. The van der Waals surface area contributed by atoms with Crippen LogP contribution < -0.4 is 5.73 Å². The minimum atomic E-state index is -0.245. The van der Waals surface area contributed by atoms with E-state index in [4.69, 9.17) is 15.2 Å². The normalized spacial score (nSPS) is 44.8. The third-order valence-electron chi connectivity index (χ3n) is 3.29. The summed E-state index contributed by atoms with van der Waals surface area (Å²) in [5.74, 6) is 0.543. The quantitative estimate of drug-likeness (QED) is 0.704. The second kappa shape index (κ2) is 3.56. The summed E-state index contributed by atoms with van der Waals surface area (Å²) in [7, 11) is 0. The fourth-order valence-corrected chi connectivity index (χ4v) is 2.39. The van der Waals surface area contributed by atoms with Gasteiger partial charge in [0.05, 0.1) is 12.7 Å². The predicted octanol–water partition coefficient (Wildman–Crippen LogP) is 1.27. The molecule has 0 aromatic heterocycles. The molecule has 3 unspecified atom stereocenters. The summed E-state index contributed by atoms with van der Waals surface area (Å²) in [6, 6.07) is 0. The molecule has 0 aromatic carbocycles. The SMILES string of the molecule is CCC1CCC2(C1)OCC(CN)O2. The van der Waals surface area contributed by atoms with Crippen LogP contribution in [0.4, 0.5) is 0 Å². The Labute approximate surface area is 79.6 Å². The molecule has 0 bridgehead atoms. The van der Waals surface area contributed by atoms with Gasteiger partial charge in [0, 0.05) is 19.4 Å². The highest BCUT2D eigenvalue weighted by atomic mass is 16.7. The molecule has 1 saturated carbocycles. The van der Waals surface area contributed by atoms with Crippen molar-refractivity contribution in [3.05, 3.63) is 0 Å². The van der Waals surface area contributed by atoms with Gasteiger partial charge in [-0.05, 0) is 12.3 Å². The zero-order valence-corrected chi connectivity index (χ0v) is 8.29. The lowest BCUT2D eigenvalue weighted by molar-refractivity contribution is -0.163. The van der Waals surface area contributed by atoms with E-state index in [1.54, 1.807) is 0 Å². The number of ether oxygens (including phenoxy) is 2. The van der Waals surface area contributed by atoms with Gasteiger partial charge in [0.15, 0.2) is 5.79 Å². The van der Waals surface area contributed by atoms with Crippen molar-refractivity contribution in [3.8, 4) is 0 Å². The number of hydrogen-bond acceptors (Lipinski definition) is 3. The fraction of sp³-hybridized carbons (Fsp3) is 1.00. The zero-order chi connectivity index (χ0) is 9.31. The van der Waals surface area contributed by atoms with Crippen molar-refractivity contribution in [2.24, 2.45) is 11.7 Å². The first kappa shape index (κ1) is 9.44. The van der Waals surface area contributed by atoms with Crippen molar-refractivity contribution < 1.29 is 9.47 Å². The summed E-state index contributed by atoms with van der Waals surface area (Å²) >= 11 is 0. The molecule has 2 N–H and O–H groups in total. The van der Waals surface area contributed by atoms with Crippen molar-refractivity contribution in [2.45, 2.75) is 44.5 Å². The average molecular weight is 185 g/mol. The third-order valence-corrected chi connectivity index (χ3v) is 3.29. The summed E-state index contributed by atoms with van der Waals surface area (Å²) in [4.78, 5) is 0. The minimum absolute atomic E-state index is 0.135. The molecule has 1 saturated heterocycles. The molecule has 3 heteroatoms. The standard InChI is InChI=1S/C10H19NO2/c1-2-8-3-4-10(5-8)12-7-9(6-11)13-10/h8-9H,2-7,11H2,1H3. The summed E-state index contributed by atoms with van der Waals surface area (Å²) < 4.78 is 11.6. The van der Waals surface area contributed by atoms with E-state index < -0.39 is 0 Å². The first-order valence-electron chi connectivity index (χ1n) is 5.30. The van der Waals surface area contributed by atoms with Gasteiger partial charge in [0.1, 0.15) is 0 Å². The Morgan fingerprint density at radius 3 is 2.92 bits per heavy atom. The Kier molecular flexibility index (Phi) is 2.58. The van der Waals surface area contributed by atoms with E-state index in [1.165, 1.54) is 12.8 Å². The molecule has 1 aliphatic heterocycles. The van der Waals surface area contributed by atoms with Crippen LogP contribution in [0.2, 0.25) is 0 Å². The highest BCUT2D eigenvalue weighted by Crippen LogP contribution is 2.43. The van der Waals surface area contributed by atoms with Crippen molar-refractivity contribution in [2.75, 3.05) is 13.2 Å². The van der Waals surface area contributed by atoms with Crippen molar-refractivity contribution in [3.63, 3.8) is 0 Å². The Morgan fingerprint density at radius 1 is 1.54 bits per heavy atom. The lowest BCUT2D eigenvalue weighted by Crippen LogP contribution is -2.29. The van der Waals surface area contributed by atoms with Gasteiger partial charge in [0.2, 0.25) is 0 Å². The van der Waals surface area contributed by atoms with Crippen molar-refractivity contribution in [1.82, 2.24) is 0 Å². The first-order chi connectivity index (χ1) is 6.28. The maximum Gasteiger partial charge on any atom is 0.169 e. The Bertz CT molecular complexity index is 164. The highest BCUT2D eigenvalue weighted by molar-refractivity contribution is 4.88. The Hall–Kier alpha value is -0.120. The first-order valence-corrected chi connectivity index (χ1v) is 5.30. The molecule has 13 heavy (non-hydrogen) atoms. The molecule has 76 valence electrons. The Balaban J connectivity index is 1.93. The molecule has 1 heterocycles. The van der Waals surface area contributed by atoms with Crippen LogP contribution >= 0.6 is 0 Å². The molecule has 0 aromatic rings. The van der Waals surface area contributed by atoms with Crippen LogP contribution in [0.15, 0.2) is 0 Å². The van der Waals surface area contributed by atoms with Gasteiger partial charge in [0.25, 0.3) is 0 Å². The van der Waals surface area contributed by atoms with Gasteiger partial charge in [-0.15, -0.1) is 0 Å². The molecule has 3 nitrogen and oxygen atoms in total. The molecule has 0 radical (unpaired) electrons. The van der Waals surface area contributed by atoms with Crippen molar-refractivity contribution in [1.29, 1.82) is 0 Å². The summed E-state index contributed by atoms with van der Waals surface area (Å²) in [5, 5.41) is 0. The van der Waals surface area contributed by atoms with Crippen LogP contribution in [0, 0.1) is 5.92 Å². The number of nitrogens with two attached hydrogens (primary N) is 1. The molecule has 3 atom stereocenters. The van der Waals surface area contributed by atoms with Gasteiger partial charge < -0.3 is 15.2 Å². The minimum Gasteiger partial charge on any atom is -0.347 e. The van der Waals surface area contributed by atoms with E-state index in [0.29, 0.717) is 13.2 Å². The molecule has 0 amide bonds. The topological polar surface area (TPSA) is 44.5 Å². The maximum atomic E-state index is 5.84. The van der Waals surface area contributed by atoms with Crippen LogP contribution in [-0.2, 0) is 9.47 Å². The molecular formula is C10H19NO2. The lowest BCUT2D eigenvalue weighted by Gasteiger charge is -2.22. The van der Waals surface area contributed by atoms with Crippen LogP contribution in [-0.4, -0.2) is 25.0 Å². The molecule has 2 aliphatic rings.